The molecule has 12 heteroatoms. The van der Waals surface area contributed by atoms with Gasteiger partial charge in [-0.05, 0) is 119 Å². The third kappa shape index (κ3) is 9.99. The third-order valence-corrected chi connectivity index (χ3v) is 10.6. The summed E-state index contributed by atoms with van der Waals surface area (Å²) >= 11 is 3.48. The number of hydrogen-bond acceptors (Lipinski definition) is 8. The molecular weight excluding hydrogens is 697 g/mol. The first-order chi connectivity index (χ1) is 25.0. The Morgan fingerprint density at radius 1 is 0.549 bits per heavy atom. The summed E-state index contributed by atoms with van der Waals surface area (Å²) in [6.07, 6.45) is 0. The van der Waals surface area contributed by atoms with Crippen LogP contribution >= 0.6 is 15.9 Å². The summed E-state index contributed by atoms with van der Waals surface area (Å²) < 4.78 is 18.7. The fourth-order valence-electron chi connectivity index (χ4n) is 6.29. The molecule has 3 aliphatic rings. The van der Waals surface area contributed by atoms with Crippen molar-refractivity contribution < 1.29 is 9.31 Å². The van der Waals surface area contributed by atoms with E-state index < -0.39 is 0 Å². The topological polar surface area (TPSA) is 83.5 Å². The minimum Gasteiger partial charge on any atom is -0.399 e. The summed E-state index contributed by atoms with van der Waals surface area (Å²) in [5.74, 6) is 0. The van der Waals surface area contributed by atoms with Gasteiger partial charge in [0.05, 0.1) is 19.0 Å². The first kappa shape index (κ1) is 38.5. The fraction of sp³-hybridized carbons (Fsp3) is 0.385. The molecule has 4 aromatic rings. The average Bonchev–Trinajstić information content (AvgIpc) is 3.40. The van der Waals surface area contributed by atoms with E-state index in [0.717, 1.165) is 73.7 Å². The highest BCUT2D eigenvalue weighted by atomic mass is 79.9. The lowest BCUT2D eigenvalue weighted by molar-refractivity contribution is 0.00578. The lowest BCUT2D eigenvalue weighted by Crippen LogP contribution is -2.46. The summed E-state index contributed by atoms with van der Waals surface area (Å²) in [5, 5.41) is 0. The highest BCUT2D eigenvalue weighted by Crippen LogP contribution is 2.36. The lowest BCUT2D eigenvalue weighted by Gasteiger charge is -2.37. The van der Waals surface area contributed by atoms with Crippen LogP contribution < -0.4 is 36.5 Å². The second-order valence-corrected chi connectivity index (χ2v) is 14.7. The van der Waals surface area contributed by atoms with Crippen molar-refractivity contribution in [2.75, 3.05) is 83.4 Å². The zero-order valence-electron chi connectivity index (χ0n) is 31.8. The summed E-state index contributed by atoms with van der Waals surface area (Å²) in [6, 6.07) is 33.4. The molecule has 0 bridgehead atoms. The van der Waals surface area contributed by atoms with E-state index in [0.29, 0.717) is 0 Å². The van der Waals surface area contributed by atoms with Gasteiger partial charge in [0.15, 0.2) is 0 Å². The normalized spacial score (nSPS) is 17.9. The van der Waals surface area contributed by atoms with Gasteiger partial charge in [-0.15, -0.1) is 0 Å². The van der Waals surface area contributed by atoms with Gasteiger partial charge < -0.3 is 40.4 Å². The largest absolute Gasteiger partial charge is 0.494 e. The molecule has 0 spiro atoms. The number of rotatable bonds is 5. The van der Waals surface area contributed by atoms with Gasteiger partial charge in [0.25, 0.3) is 0 Å². The monoisotopic (exact) mass is 749 g/mol. The molecular formula is C39H52B3BrN6O2. The Kier molecular flexibility index (Phi) is 13.3. The minimum atomic E-state index is -0.311. The van der Waals surface area contributed by atoms with Crippen LogP contribution in [0.3, 0.4) is 0 Å². The molecule has 4 radical (unpaired) electrons. The Labute approximate surface area is 319 Å². The van der Waals surface area contributed by atoms with Crippen molar-refractivity contribution in [3.05, 3.63) is 102 Å². The molecule has 0 aromatic heterocycles. The summed E-state index contributed by atoms with van der Waals surface area (Å²) in [6.45, 7) is 18.0. The van der Waals surface area contributed by atoms with Gasteiger partial charge in [0, 0.05) is 99.3 Å². The van der Waals surface area contributed by atoms with Crippen LogP contribution in [-0.2, 0) is 9.31 Å². The molecule has 7 rings (SSSR count). The van der Waals surface area contributed by atoms with Gasteiger partial charge in [0.2, 0.25) is 0 Å². The molecule has 3 saturated heterocycles. The molecule has 3 aliphatic heterocycles. The van der Waals surface area contributed by atoms with Gasteiger partial charge in [-0.2, -0.15) is 0 Å². The van der Waals surface area contributed by atoms with E-state index in [9.17, 15) is 0 Å². The van der Waals surface area contributed by atoms with Crippen molar-refractivity contribution in [3.63, 3.8) is 0 Å². The quantitative estimate of drug-likeness (QED) is 0.196. The van der Waals surface area contributed by atoms with Crippen molar-refractivity contribution in [2.24, 2.45) is 0 Å². The van der Waals surface area contributed by atoms with Gasteiger partial charge >= 0.3 is 7.12 Å². The maximum absolute atomic E-state index is 6.16. The van der Waals surface area contributed by atoms with Crippen LogP contribution in [0.2, 0.25) is 6.82 Å². The number of halogens is 1. The van der Waals surface area contributed by atoms with Gasteiger partial charge in [0.1, 0.15) is 0 Å². The van der Waals surface area contributed by atoms with Crippen LogP contribution in [-0.4, -0.2) is 88.2 Å². The van der Waals surface area contributed by atoms with E-state index in [1.165, 1.54) is 29.6 Å². The first-order valence-electron chi connectivity index (χ1n) is 18.0. The van der Waals surface area contributed by atoms with Crippen molar-refractivity contribution in [1.29, 1.82) is 1.34 Å². The predicted molar refractivity (Wildman–Crippen MR) is 226 cm³/mol. The third-order valence-electron chi connectivity index (χ3n) is 10.1. The van der Waals surface area contributed by atoms with Crippen LogP contribution in [0.25, 0.3) is 0 Å². The average molecular weight is 750 g/mol. The zero-order valence-corrected chi connectivity index (χ0v) is 32.4. The standard InChI is InChI=1S/C22H30BN3O2.C16H18BrN3.CH3B.BH/c1-21(2)22(3,4)28-23(27-21)17-5-9-19(10-6-17)25-13-15-26(16-14-25)20-11-7-18(24)8-12-20;17-13-1-5-15(6-2-13)19-9-11-20(12-10-19)16-7-3-14(18)4-8-16;1-2;/h5-12H,13-16,24H2,1-4H3;1-8H,9-12,18H2;1H3;1H/i;;;1D. The Morgan fingerprint density at radius 2 is 0.804 bits per heavy atom. The predicted octanol–water partition coefficient (Wildman–Crippen LogP) is 5.81. The number of benzene rings is 4. The Bertz CT molecular complexity index is 1570. The minimum absolute atomic E-state index is 0.304. The van der Waals surface area contributed by atoms with Crippen molar-refractivity contribution >= 4 is 78.9 Å². The number of anilines is 6. The highest BCUT2D eigenvalue weighted by Gasteiger charge is 2.51. The van der Waals surface area contributed by atoms with Crippen LogP contribution in [0.15, 0.2) is 102 Å². The first-order valence-corrected chi connectivity index (χ1v) is 18.3. The Hall–Kier alpha value is -3.73. The molecule has 0 atom stereocenters. The SMILES string of the molecule is CC1(C)OB(c2ccc(N3CCN(c4ccc(N)cc4)CC3)cc2)OC1(C)C.Nc1ccc(N2CCN(c3ccc(Br)cc3)CC2)cc1.[2H][B].[B]C. The van der Waals surface area contributed by atoms with E-state index in [1.807, 2.05) is 24.3 Å². The summed E-state index contributed by atoms with van der Waals surface area (Å²) in [5.41, 5.74) is 18.7. The van der Waals surface area contributed by atoms with Crippen LogP contribution in [0.1, 0.15) is 27.7 Å². The smallest absolute Gasteiger partial charge is 0.399 e. The lowest BCUT2D eigenvalue weighted by atomic mass is 9.79. The molecule has 3 fully saturated rings. The molecule has 0 aliphatic carbocycles. The van der Waals surface area contributed by atoms with Crippen molar-refractivity contribution in [1.82, 2.24) is 0 Å². The molecule has 0 unspecified atom stereocenters. The Balaban J connectivity index is 0.000000222. The Morgan fingerprint density at radius 3 is 1.10 bits per heavy atom. The molecule has 0 amide bonds. The number of nitrogen functional groups attached to an aromatic ring is 2. The maximum Gasteiger partial charge on any atom is 0.494 e. The van der Waals surface area contributed by atoms with Crippen molar-refractivity contribution in [3.8, 4) is 0 Å². The van der Waals surface area contributed by atoms with E-state index in [1.54, 1.807) is 0 Å². The molecule has 4 N–H and O–H groups in total. The summed E-state index contributed by atoms with van der Waals surface area (Å²) in [4.78, 5) is 9.69. The van der Waals surface area contributed by atoms with E-state index >= 15 is 0 Å². The molecule has 8 nitrogen and oxygen atoms in total. The van der Waals surface area contributed by atoms with E-state index in [2.05, 4.69) is 152 Å². The maximum atomic E-state index is 6.16. The molecule has 51 heavy (non-hydrogen) atoms. The second-order valence-electron chi connectivity index (χ2n) is 13.8. The summed E-state index contributed by atoms with van der Waals surface area (Å²) in [7, 11) is 7.95. The number of hydrogen-bond donors (Lipinski definition) is 2. The molecule has 266 valence electrons. The van der Waals surface area contributed by atoms with Gasteiger partial charge in [-0.3, -0.25) is 0 Å². The van der Waals surface area contributed by atoms with Crippen LogP contribution in [0.5, 0.6) is 0 Å². The number of piperazine rings is 2. The van der Waals surface area contributed by atoms with E-state index in [-0.39, 0.29) is 18.3 Å². The molecule has 0 saturated carbocycles. The molecule has 3 heterocycles. The molecule has 4 aromatic carbocycles. The zero-order chi connectivity index (χ0) is 37.9. The van der Waals surface area contributed by atoms with E-state index in [4.69, 9.17) is 22.1 Å². The number of nitrogens with zero attached hydrogens (tertiary/aromatic N) is 4. The van der Waals surface area contributed by atoms with Gasteiger partial charge in [-0.1, -0.05) is 34.9 Å². The second kappa shape index (κ2) is 17.7. The highest BCUT2D eigenvalue weighted by molar-refractivity contribution is 9.10. The van der Waals surface area contributed by atoms with Crippen molar-refractivity contribution in [2.45, 2.75) is 45.7 Å². The van der Waals surface area contributed by atoms with Gasteiger partial charge in [-0.25, -0.2) is 0 Å². The van der Waals surface area contributed by atoms with Crippen LogP contribution in [0.4, 0.5) is 34.1 Å². The van der Waals surface area contributed by atoms with Crippen LogP contribution in [0, 0.1) is 0 Å². The fourth-order valence-corrected chi connectivity index (χ4v) is 6.55. The number of nitrogens with two attached hydrogens (primary N) is 2.